The SMILES string of the molecule is C=C1CC[C@@H]2[C@](C)(CCC[C@]2(C)C(=O)O)[C@H]1/C=C/C(C)=O. The van der Waals surface area contributed by atoms with Crippen molar-refractivity contribution in [2.75, 3.05) is 0 Å². The Kier molecular flexibility index (Phi) is 4.14. The van der Waals surface area contributed by atoms with Gasteiger partial charge in [-0.05, 0) is 56.9 Å². The van der Waals surface area contributed by atoms with Gasteiger partial charge < -0.3 is 5.11 Å². The van der Waals surface area contributed by atoms with E-state index in [1.807, 2.05) is 13.0 Å². The van der Waals surface area contributed by atoms with Gasteiger partial charge in [-0.3, -0.25) is 9.59 Å². The Balaban J connectivity index is 2.42. The largest absolute Gasteiger partial charge is 0.481 e. The minimum atomic E-state index is -0.680. The van der Waals surface area contributed by atoms with Gasteiger partial charge in [0.15, 0.2) is 5.78 Å². The van der Waals surface area contributed by atoms with E-state index in [4.69, 9.17) is 0 Å². The van der Waals surface area contributed by atoms with Gasteiger partial charge in [0.1, 0.15) is 0 Å². The molecule has 21 heavy (non-hydrogen) atoms. The fourth-order valence-corrected chi connectivity index (χ4v) is 4.73. The summed E-state index contributed by atoms with van der Waals surface area (Å²) in [6.07, 6.45) is 8.01. The van der Waals surface area contributed by atoms with Crippen molar-refractivity contribution < 1.29 is 14.7 Å². The Hall–Kier alpha value is -1.38. The van der Waals surface area contributed by atoms with Gasteiger partial charge in [0, 0.05) is 5.92 Å². The highest BCUT2D eigenvalue weighted by Gasteiger charge is 2.56. The Morgan fingerprint density at radius 1 is 1.33 bits per heavy atom. The first-order chi connectivity index (χ1) is 9.71. The van der Waals surface area contributed by atoms with Crippen LogP contribution < -0.4 is 0 Å². The summed E-state index contributed by atoms with van der Waals surface area (Å²) in [6, 6.07) is 0. The van der Waals surface area contributed by atoms with Gasteiger partial charge in [-0.15, -0.1) is 0 Å². The molecule has 3 nitrogen and oxygen atoms in total. The molecule has 0 heterocycles. The van der Waals surface area contributed by atoms with E-state index in [0.717, 1.165) is 37.7 Å². The summed E-state index contributed by atoms with van der Waals surface area (Å²) in [5.41, 5.74) is 0.378. The van der Waals surface area contributed by atoms with Crippen LogP contribution in [0.4, 0.5) is 0 Å². The van der Waals surface area contributed by atoms with Crippen LogP contribution in [0, 0.1) is 22.7 Å². The van der Waals surface area contributed by atoms with Crippen molar-refractivity contribution in [2.24, 2.45) is 22.7 Å². The maximum atomic E-state index is 11.8. The molecule has 0 aromatic rings. The van der Waals surface area contributed by atoms with E-state index in [1.165, 1.54) is 0 Å². The van der Waals surface area contributed by atoms with E-state index in [-0.39, 0.29) is 23.0 Å². The number of fused-ring (bicyclic) bond motifs is 1. The summed E-state index contributed by atoms with van der Waals surface area (Å²) in [7, 11) is 0. The van der Waals surface area contributed by atoms with Crippen molar-refractivity contribution in [3.8, 4) is 0 Å². The van der Waals surface area contributed by atoms with Crippen LogP contribution in [-0.2, 0) is 9.59 Å². The molecule has 0 spiro atoms. The first-order valence-electron chi connectivity index (χ1n) is 7.81. The van der Waals surface area contributed by atoms with Crippen molar-refractivity contribution in [2.45, 2.75) is 52.9 Å². The Labute approximate surface area is 127 Å². The summed E-state index contributed by atoms with van der Waals surface area (Å²) >= 11 is 0. The number of carboxylic acid groups (broad SMARTS) is 1. The molecular weight excluding hydrogens is 264 g/mol. The minimum Gasteiger partial charge on any atom is -0.481 e. The van der Waals surface area contributed by atoms with Gasteiger partial charge in [0.25, 0.3) is 0 Å². The zero-order valence-corrected chi connectivity index (χ0v) is 13.3. The van der Waals surface area contributed by atoms with Crippen LogP contribution >= 0.6 is 0 Å². The topological polar surface area (TPSA) is 54.4 Å². The van der Waals surface area contributed by atoms with Gasteiger partial charge in [-0.25, -0.2) is 0 Å². The molecule has 0 aromatic carbocycles. The van der Waals surface area contributed by atoms with Crippen molar-refractivity contribution in [1.82, 2.24) is 0 Å². The fourth-order valence-electron chi connectivity index (χ4n) is 4.73. The molecular formula is C18H26O3. The van der Waals surface area contributed by atoms with Crippen molar-refractivity contribution in [1.29, 1.82) is 0 Å². The molecule has 0 aromatic heterocycles. The number of carbonyl (C=O) groups is 2. The summed E-state index contributed by atoms with van der Waals surface area (Å²) in [5, 5.41) is 9.73. The predicted octanol–water partition coefficient (Wildman–Crippen LogP) is 4.00. The highest BCUT2D eigenvalue weighted by Crippen LogP contribution is 2.61. The molecule has 116 valence electrons. The monoisotopic (exact) mass is 290 g/mol. The van der Waals surface area contributed by atoms with Gasteiger partial charge in [0.05, 0.1) is 5.41 Å². The highest BCUT2D eigenvalue weighted by molar-refractivity contribution is 5.87. The molecule has 2 aliphatic carbocycles. The predicted molar refractivity (Wildman–Crippen MR) is 82.9 cm³/mol. The number of carboxylic acids is 1. The standard InChI is InChI=1S/C18H26O3/c1-12-6-9-15-17(3,14(12)8-7-13(2)19)10-5-11-18(15,4)16(20)21/h7-8,14-15H,1,5-6,9-11H2,2-4H3,(H,20,21)/b8-7+/t14-,15+,17+,18-/m0/s1. The second-order valence-electron chi connectivity index (χ2n) is 7.28. The first-order valence-corrected chi connectivity index (χ1v) is 7.81. The quantitative estimate of drug-likeness (QED) is 0.631. The van der Waals surface area contributed by atoms with Crippen LogP contribution in [0.2, 0.25) is 0 Å². The molecule has 2 fully saturated rings. The molecule has 0 saturated heterocycles. The van der Waals surface area contributed by atoms with E-state index in [2.05, 4.69) is 13.5 Å². The van der Waals surface area contributed by atoms with Gasteiger partial charge >= 0.3 is 5.97 Å². The van der Waals surface area contributed by atoms with Gasteiger partial charge in [-0.2, -0.15) is 0 Å². The lowest BCUT2D eigenvalue weighted by atomic mass is 9.47. The lowest BCUT2D eigenvalue weighted by Crippen LogP contribution is -2.53. The van der Waals surface area contributed by atoms with E-state index < -0.39 is 11.4 Å². The van der Waals surface area contributed by atoms with E-state index >= 15 is 0 Å². The molecule has 2 aliphatic rings. The van der Waals surface area contributed by atoms with Crippen LogP contribution in [0.15, 0.2) is 24.3 Å². The summed E-state index contributed by atoms with van der Waals surface area (Å²) in [4.78, 5) is 23.1. The second-order valence-corrected chi connectivity index (χ2v) is 7.28. The molecule has 4 atom stereocenters. The van der Waals surface area contributed by atoms with E-state index in [1.54, 1.807) is 13.0 Å². The number of ketones is 1. The average molecular weight is 290 g/mol. The lowest BCUT2D eigenvalue weighted by molar-refractivity contribution is -0.163. The molecule has 3 heteroatoms. The van der Waals surface area contributed by atoms with Gasteiger partial charge in [0.2, 0.25) is 0 Å². The number of hydrogen-bond donors (Lipinski definition) is 1. The van der Waals surface area contributed by atoms with E-state index in [9.17, 15) is 14.7 Å². The van der Waals surface area contributed by atoms with E-state index in [0.29, 0.717) is 0 Å². The molecule has 1 N–H and O–H groups in total. The Morgan fingerprint density at radius 2 is 2.00 bits per heavy atom. The molecule has 0 radical (unpaired) electrons. The van der Waals surface area contributed by atoms with Crippen LogP contribution in [-0.4, -0.2) is 16.9 Å². The third-order valence-electron chi connectivity index (χ3n) is 5.89. The van der Waals surface area contributed by atoms with Crippen LogP contribution in [0.3, 0.4) is 0 Å². The van der Waals surface area contributed by atoms with Crippen molar-refractivity contribution in [3.05, 3.63) is 24.3 Å². The third kappa shape index (κ3) is 2.58. The summed E-state index contributed by atoms with van der Waals surface area (Å²) < 4.78 is 0. The minimum absolute atomic E-state index is 0.0327. The van der Waals surface area contributed by atoms with Crippen molar-refractivity contribution >= 4 is 11.8 Å². The number of carbonyl (C=O) groups excluding carboxylic acids is 1. The molecule has 2 rings (SSSR count). The molecule has 0 aliphatic heterocycles. The smallest absolute Gasteiger partial charge is 0.309 e. The molecule has 0 amide bonds. The molecule has 0 unspecified atom stereocenters. The molecule has 2 saturated carbocycles. The van der Waals surface area contributed by atoms with Crippen LogP contribution in [0.1, 0.15) is 52.9 Å². The molecule has 0 bridgehead atoms. The van der Waals surface area contributed by atoms with Crippen molar-refractivity contribution in [3.63, 3.8) is 0 Å². The fraction of sp³-hybridized carbons (Fsp3) is 0.667. The normalized spacial score (nSPS) is 40.0. The Bertz CT molecular complexity index is 505. The average Bonchev–Trinajstić information content (AvgIpc) is 2.36. The Morgan fingerprint density at radius 3 is 2.57 bits per heavy atom. The second kappa shape index (κ2) is 5.43. The first kappa shape index (κ1) is 16.0. The number of allylic oxidation sites excluding steroid dienone is 3. The number of hydrogen-bond acceptors (Lipinski definition) is 2. The maximum absolute atomic E-state index is 11.8. The van der Waals surface area contributed by atoms with Crippen LogP contribution in [0.25, 0.3) is 0 Å². The maximum Gasteiger partial charge on any atom is 0.309 e. The summed E-state index contributed by atoms with van der Waals surface area (Å²) in [5.74, 6) is -0.395. The zero-order chi connectivity index (χ0) is 15.8. The van der Waals surface area contributed by atoms with Gasteiger partial charge in [-0.1, -0.05) is 31.6 Å². The number of aliphatic carboxylic acids is 1. The highest BCUT2D eigenvalue weighted by atomic mass is 16.4. The third-order valence-corrected chi connectivity index (χ3v) is 5.89. The van der Waals surface area contributed by atoms with Crippen LogP contribution in [0.5, 0.6) is 0 Å². The summed E-state index contributed by atoms with van der Waals surface area (Å²) in [6.45, 7) is 9.83. The number of rotatable bonds is 3. The zero-order valence-electron chi connectivity index (χ0n) is 13.3. The lowest BCUT2D eigenvalue weighted by Gasteiger charge is -2.56.